The van der Waals surface area contributed by atoms with Crippen LogP contribution < -0.4 is 10.1 Å². The van der Waals surface area contributed by atoms with E-state index in [1.54, 1.807) is 12.1 Å². The molecule has 0 aliphatic carbocycles. The van der Waals surface area contributed by atoms with E-state index in [0.29, 0.717) is 16.5 Å². The molecule has 1 aromatic rings. The van der Waals surface area contributed by atoms with E-state index in [1.807, 2.05) is 0 Å². The maximum absolute atomic E-state index is 12.1. The summed E-state index contributed by atoms with van der Waals surface area (Å²) in [6.07, 6.45) is 0. The Morgan fingerprint density at radius 3 is 2.67 bits per heavy atom. The first kappa shape index (κ1) is 17.1. The van der Waals surface area contributed by atoms with Gasteiger partial charge in [0.1, 0.15) is 12.3 Å². The molecule has 0 saturated heterocycles. The standard InChI is InChI=1S/C13H17ClN2O5/c1-20-6-5-16(8-12(17)18)13(19)15-10-7-9(14)3-4-11(10)21-2/h3-4,7H,5-6,8H2,1-2H3,(H,15,19)(H,17,18). The third-order valence-electron chi connectivity index (χ3n) is 2.58. The predicted molar refractivity (Wildman–Crippen MR) is 78.1 cm³/mol. The molecule has 0 aliphatic heterocycles. The fourth-order valence-corrected chi connectivity index (χ4v) is 1.76. The van der Waals surface area contributed by atoms with Gasteiger partial charge in [-0.25, -0.2) is 4.79 Å². The number of rotatable bonds is 7. The van der Waals surface area contributed by atoms with Crippen LogP contribution >= 0.6 is 11.6 Å². The molecule has 8 heteroatoms. The minimum atomic E-state index is -1.11. The Morgan fingerprint density at radius 1 is 1.38 bits per heavy atom. The first-order valence-corrected chi connectivity index (χ1v) is 6.46. The summed E-state index contributed by atoms with van der Waals surface area (Å²) in [5.74, 6) is -0.686. The number of benzene rings is 1. The lowest BCUT2D eigenvalue weighted by Gasteiger charge is -2.21. The Bertz CT molecular complexity index is 509. The van der Waals surface area contributed by atoms with Crippen LogP contribution in [0.3, 0.4) is 0 Å². The number of nitrogens with zero attached hydrogens (tertiary/aromatic N) is 1. The van der Waals surface area contributed by atoms with Crippen molar-refractivity contribution in [1.82, 2.24) is 4.90 Å². The summed E-state index contributed by atoms with van der Waals surface area (Å²) in [6, 6.07) is 4.17. The number of aliphatic carboxylic acids is 1. The van der Waals surface area contributed by atoms with E-state index < -0.39 is 18.5 Å². The van der Waals surface area contributed by atoms with Crippen LogP contribution in [-0.2, 0) is 9.53 Å². The van der Waals surface area contributed by atoms with Crippen molar-refractivity contribution in [3.8, 4) is 5.75 Å². The van der Waals surface area contributed by atoms with Gasteiger partial charge in [0.15, 0.2) is 0 Å². The average molecular weight is 317 g/mol. The van der Waals surface area contributed by atoms with Gasteiger partial charge in [0.25, 0.3) is 0 Å². The molecule has 1 rings (SSSR count). The van der Waals surface area contributed by atoms with E-state index in [9.17, 15) is 9.59 Å². The van der Waals surface area contributed by atoms with E-state index in [-0.39, 0.29) is 13.2 Å². The number of hydrogen-bond donors (Lipinski definition) is 2. The first-order chi connectivity index (χ1) is 9.97. The summed E-state index contributed by atoms with van der Waals surface area (Å²) in [5, 5.41) is 11.8. The number of methoxy groups -OCH3 is 2. The molecule has 21 heavy (non-hydrogen) atoms. The minimum Gasteiger partial charge on any atom is -0.495 e. The molecule has 1 aromatic carbocycles. The number of carbonyl (C=O) groups excluding carboxylic acids is 1. The highest BCUT2D eigenvalue weighted by molar-refractivity contribution is 6.31. The van der Waals surface area contributed by atoms with Crippen molar-refractivity contribution >= 4 is 29.3 Å². The number of hydrogen-bond acceptors (Lipinski definition) is 4. The van der Waals surface area contributed by atoms with Crippen LogP contribution in [0.5, 0.6) is 5.75 Å². The zero-order chi connectivity index (χ0) is 15.8. The molecular weight excluding hydrogens is 300 g/mol. The lowest BCUT2D eigenvalue weighted by atomic mass is 10.3. The maximum Gasteiger partial charge on any atom is 0.323 e. The zero-order valence-electron chi connectivity index (χ0n) is 11.8. The first-order valence-electron chi connectivity index (χ1n) is 6.08. The number of anilines is 1. The zero-order valence-corrected chi connectivity index (χ0v) is 12.5. The molecule has 0 heterocycles. The summed E-state index contributed by atoms with van der Waals surface area (Å²) < 4.78 is 9.97. The van der Waals surface area contributed by atoms with Crippen molar-refractivity contribution in [1.29, 1.82) is 0 Å². The van der Waals surface area contributed by atoms with Crippen molar-refractivity contribution in [2.24, 2.45) is 0 Å². The van der Waals surface area contributed by atoms with Crippen molar-refractivity contribution in [2.75, 3.05) is 39.2 Å². The number of halogens is 1. The van der Waals surface area contributed by atoms with Crippen LogP contribution in [-0.4, -0.2) is 55.9 Å². The van der Waals surface area contributed by atoms with Gasteiger partial charge in [-0.2, -0.15) is 0 Å². The SMILES string of the molecule is COCCN(CC(=O)O)C(=O)Nc1cc(Cl)ccc1OC. The molecule has 0 aliphatic rings. The van der Waals surface area contributed by atoms with Crippen LogP contribution in [0.2, 0.25) is 5.02 Å². The Balaban J connectivity index is 2.84. The smallest absolute Gasteiger partial charge is 0.323 e. The third kappa shape index (κ3) is 5.49. The highest BCUT2D eigenvalue weighted by Gasteiger charge is 2.18. The van der Waals surface area contributed by atoms with E-state index in [2.05, 4.69) is 5.32 Å². The summed E-state index contributed by atoms with van der Waals surface area (Å²) in [4.78, 5) is 24.0. The van der Waals surface area contributed by atoms with Crippen LogP contribution in [0.25, 0.3) is 0 Å². The number of carboxylic acids is 1. The lowest BCUT2D eigenvalue weighted by molar-refractivity contribution is -0.137. The van der Waals surface area contributed by atoms with Crippen LogP contribution in [0.4, 0.5) is 10.5 Å². The second kappa shape index (κ2) is 8.33. The van der Waals surface area contributed by atoms with Gasteiger partial charge in [-0.3, -0.25) is 4.79 Å². The monoisotopic (exact) mass is 316 g/mol. The number of amides is 2. The number of carbonyl (C=O) groups is 2. The molecule has 0 spiro atoms. The topological polar surface area (TPSA) is 88.1 Å². The molecule has 2 N–H and O–H groups in total. The molecule has 0 radical (unpaired) electrons. The molecular formula is C13H17ClN2O5. The minimum absolute atomic E-state index is 0.150. The van der Waals surface area contributed by atoms with E-state index in [1.165, 1.54) is 20.3 Å². The second-order valence-electron chi connectivity index (χ2n) is 4.08. The number of nitrogens with one attached hydrogen (secondary N) is 1. The quantitative estimate of drug-likeness (QED) is 0.802. The molecule has 0 saturated carbocycles. The van der Waals surface area contributed by atoms with Crippen LogP contribution in [0.1, 0.15) is 0 Å². The predicted octanol–water partition coefficient (Wildman–Crippen LogP) is 1.91. The Labute approximate surface area is 127 Å². The number of ether oxygens (including phenoxy) is 2. The second-order valence-corrected chi connectivity index (χ2v) is 4.52. The third-order valence-corrected chi connectivity index (χ3v) is 2.82. The van der Waals surface area contributed by atoms with Crippen LogP contribution in [0, 0.1) is 0 Å². The van der Waals surface area contributed by atoms with Crippen molar-refractivity contribution < 1.29 is 24.2 Å². The largest absolute Gasteiger partial charge is 0.495 e. The molecule has 2 amide bonds. The lowest BCUT2D eigenvalue weighted by Crippen LogP contribution is -2.40. The van der Waals surface area contributed by atoms with Crippen molar-refractivity contribution in [3.63, 3.8) is 0 Å². The van der Waals surface area contributed by atoms with E-state index in [0.717, 1.165) is 4.90 Å². The Kier molecular flexibility index (Phi) is 6.77. The molecule has 7 nitrogen and oxygen atoms in total. The summed E-state index contributed by atoms with van der Waals surface area (Å²) in [7, 11) is 2.93. The molecule has 116 valence electrons. The summed E-state index contributed by atoms with van der Waals surface area (Å²) >= 11 is 5.87. The normalized spacial score (nSPS) is 10.0. The highest BCUT2D eigenvalue weighted by atomic mass is 35.5. The maximum atomic E-state index is 12.1. The molecule has 0 aromatic heterocycles. The van der Waals surface area contributed by atoms with Gasteiger partial charge in [0, 0.05) is 18.7 Å². The van der Waals surface area contributed by atoms with Gasteiger partial charge in [-0.1, -0.05) is 11.6 Å². The highest BCUT2D eigenvalue weighted by Crippen LogP contribution is 2.27. The molecule has 0 fully saturated rings. The van der Waals surface area contributed by atoms with Gasteiger partial charge < -0.3 is 24.8 Å². The summed E-state index contributed by atoms with van der Waals surface area (Å²) in [5.41, 5.74) is 0.364. The van der Waals surface area contributed by atoms with Gasteiger partial charge in [-0.05, 0) is 18.2 Å². The van der Waals surface area contributed by atoms with Crippen molar-refractivity contribution in [3.05, 3.63) is 23.2 Å². The molecule has 0 bridgehead atoms. The van der Waals surface area contributed by atoms with E-state index in [4.69, 9.17) is 26.2 Å². The summed E-state index contributed by atoms with van der Waals surface area (Å²) in [6.45, 7) is -0.0526. The van der Waals surface area contributed by atoms with Gasteiger partial charge in [0.2, 0.25) is 0 Å². The molecule has 0 atom stereocenters. The Morgan fingerprint density at radius 2 is 2.10 bits per heavy atom. The molecule has 0 unspecified atom stereocenters. The number of urea groups is 1. The fraction of sp³-hybridized carbons (Fsp3) is 0.385. The number of carboxylic acid groups (broad SMARTS) is 1. The van der Waals surface area contributed by atoms with Gasteiger partial charge in [-0.15, -0.1) is 0 Å². The van der Waals surface area contributed by atoms with Gasteiger partial charge >= 0.3 is 12.0 Å². The van der Waals surface area contributed by atoms with Gasteiger partial charge in [0.05, 0.1) is 19.4 Å². The van der Waals surface area contributed by atoms with Crippen LogP contribution in [0.15, 0.2) is 18.2 Å². The van der Waals surface area contributed by atoms with Crippen molar-refractivity contribution in [2.45, 2.75) is 0 Å². The Hall–Kier alpha value is -1.99. The fourth-order valence-electron chi connectivity index (χ4n) is 1.59. The van der Waals surface area contributed by atoms with E-state index >= 15 is 0 Å². The average Bonchev–Trinajstić information content (AvgIpc) is 2.43.